The van der Waals surface area contributed by atoms with Gasteiger partial charge in [-0.3, -0.25) is 0 Å². The maximum atomic E-state index is 3.54. The summed E-state index contributed by atoms with van der Waals surface area (Å²) >= 11 is 3.49. The van der Waals surface area contributed by atoms with Crippen LogP contribution in [-0.2, 0) is 0 Å². The molecule has 0 bridgehead atoms. The average molecular weight is 297 g/mol. The first kappa shape index (κ1) is 12.9. The Labute approximate surface area is 112 Å². The largest absolute Gasteiger partial charge is 0.385 e. The number of nitrogens with one attached hydrogen (secondary N) is 2. The smallest absolute Gasteiger partial charge is 0.0370 e. The molecular formula is C14H21BrN2. The fourth-order valence-corrected chi connectivity index (χ4v) is 2.88. The van der Waals surface area contributed by atoms with Gasteiger partial charge in [0.1, 0.15) is 0 Å². The van der Waals surface area contributed by atoms with Crippen molar-refractivity contribution in [3.8, 4) is 0 Å². The van der Waals surface area contributed by atoms with E-state index in [4.69, 9.17) is 0 Å². The molecule has 2 N–H and O–H groups in total. The predicted octanol–water partition coefficient (Wildman–Crippen LogP) is 3.56. The predicted molar refractivity (Wildman–Crippen MR) is 77.6 cm³/mol. The van der Waals surface area contributed by atoms with Gasteiger partial charge in [0.2, 0.25) is 0 Å². The number of halogens is 1. The Morgan fingerprint density at radius 2 is 2.35 bits per heavy atom. The monoisotopic (exact) mass is 296 g/mol. The van der Waals surface area contributed by atoms with Crippen molar-refractivity contribution in [1.82, 2.24) is 5.32 Å². The highest BCUT2D eigenvalue weighted by atomic mass is 79.9. The van der Waals surface area contributed by atoms with Crippen LogP contribution in [0.2, 0.25) is 0 Å². The molecule has 0 amide bonds. The number of benzene rings is 1. The van der Waals surface area contributed by atoms with E-state index in [1.807, 2.05) is 0 Å². The van der Waals surface area contributed by atoms with Crippen LogP contribution in [0, 0.1) is 12.8 Å². The fraction of sp³-hybridized carbons (Fsp3) is 0.571. The van der Waals surface area contributed by atoms with Crippen LogP contribution in [-0.4, -0.2) is 19.6 Å². The van der Waals surface area contributed by atoms with Crippen molar-refractivity contribution in [1.29, 1.82) is 0 Å². The van der Waals surface area contributed by atoms with Gasteiger partial charge in [-0.05, 0) is 69.0 Å². The second kappa shape index (κ2) is 6.41. The third-order valence-electron chi connectivity index (χ3n) is 3.46. The quantitative estimate of drug-likeness (QED) is 0.888. The normalized spacial score (nSPS) is 20.2. The van der Waals surface area contributed by atoms with E-state index in [1.54, 1.807) is 0 Å². The second-order valence-electron chi connectivity index (χ2n) is 4.89. The Morgan fingerprint density at radius 1 is 1.47 bits per heavy atom. The van der Waals surface area contributed by atoms with E-state index < -0.39 is 0 Å². The maximum absolute atomic E-state index is 3.54. The van der Waals surface area contributed by atoms with Gasteiger partial charge >= 0.3 is 0 Å². The Balaban J connectivity index is 1.77. The van der Waals surface area contributed by atoms with E-state index in [0.29, 0.717) is 0 Å². The molecule has 2 nitrogen and oxygen atoms in total. The summed E-state index contributed by atoms with van der Waals surface area (Å²) in [7, 11) is 0. The molecule has 0 spiro atoms. The molecule has 1 aliphatic rings. The molecule has 1 fully saturated rings. The van der Waals surface area contributed by atoms with Gasteiger partial charge < -0.3 is 10.6 Å². The molecule has 94 valence electrons. The zero-order valence-corrected chi connectivity index (χ0v) is 12.0. The lowest BCUT2D eigenvalue weighted by atomic mass is 9.96. The Kier molecular flexibility index (Phi) is 4.86. The minimum Gasteiger partial charge on any atom is -0.385 e. The number of anilines is 1. The van der Waals surface area contributed by atoms with Crippen molar-refractivity contribution in [2.75, 3.05) is 25.0 Å². The molecule has 0 aliphatic carbocycles. The summed E-state index contributed by atoms with van der Waals surface area (Å²) in [6.45, 7) is 5.63. The molecule has 1 aromatic rings. The van der Waals surface area contributed by atoms with Crippen molar-refractivity contribution >= 4 is 21.6 Å². The number of hydrogen-bond donors (Lipinski definition) is 2. The molecule has 1 heterocycles. The summed E-state index contributed by atoms with van der Waals surface area (Å²) in [4.78, 5) is 0. The summed E-state index contributed by atoms with van der Waals surface area (Å²) in [6.07, 6.45) is 3.98. The molecular weight excluding hydrogens is 276 g/mol. The zero-order valence-electron chi connectivity index (χ0n) is 10.4. The molecule has 1 saturated heterocycles. The minimum atomic E-state index is 0.854. The topological polar surface area (TPSA) is 24.1 Å². The van der Waals surface area contributed by atoms with Crippen LogP contribution in [0.4, 0.5) is 5.69 Å². The van der Waals surface area contributed by atoms with Crippen LogP contribution in [0.3, 0.4) is 0 Å². The molecule has 1 aromatic carbocycles. The van der Waals surface area contributed by atoms with Gasteiger partial charge in [0.15, 0.2) is 0 Å². The van der Waals surface area contributed by atoms with Crippen LogP contribution < -0.4 is 10.6 Å². The SMILES string of the molecule is Cc1cc(Br)ccc1NCCC1CCCNC1. The van der Waals surface area contributed by atoms with Crippen molar-refractivity contribution < 1.29 is 0 Å². The lowest BCUT2D eigenvalue weighted by molar-refractivity contribution is 0.364. The Bertz CT molecular complexity index is 359. The minimum absolute atomic E-state index is 0.854. The van der Waals surface area contributed by atoms with Crippen molar-refractivity contribution in [3.05, 3.63) is 28.2 Å². The summed E-state index contributed by atoms with van der Waals surface area (Å²) < 4.78 is 1.15. The molecule has 2 rings (SSSR count). The van der Waals surface area contributed by atoms with Gasteiger partial charge in [0, 0.05) is 16.7 Å². The standard InChI is InChI=1S/C14H21BrN2/c1-11-9-13(15)4-5-14(11)17-8-6-12-3-2-7-16-10-12/h4-5,9,12,16-17H,2-3,6-8,10H2,1H3. The van der Waals surface area contributed by atoms with E-state index in [1.165, 1.54) is 43.6 Å². The van der Waals surface area contributed by atoms with E-state index in [0.717, 1.165) is 16.9 Å². The number of hydrogen-bond acceptors (Lipinski definition) is 2. The summed E-state index contributed by atoms with van der Waals surface area (Å²) in [5.41, 5.74) is 2.57. The first-order valence-electron chi connectivity index (χ1n) is 6.46. The molecule has 1 aliphatic heterocycles. The maximum Gasteiger partial charge on any atom is 0.0370 e. The van der Waals surface area contributed by atoms with Crippen LogP contribution in [0.25, 0.3) is 0 Å². The average Bonchev–Trinajstić information content (AvgIpc) is 2.33. The molecule has 0 aromatic heterocycles. The molecule has 3 heteroatoms. The molecule has 17 heavy (non-hydrogen) atoms. The summed E-state index contributed by atoms with van der Waals surface area (Å²) in [5.74, 6) is 0.854. The molecule has 1 atom stereocenters. The highest BCUT2D eigenvalue weighted by Crippen LogP contribution is 2.21. The van der Waals surface area contributed by atoms with E-state index >= 15 is 0 Å². The lowest BCUT2D eigenvalue weighted by Gasteiger charge is -2.23. The van der Waals surface area contributed by atoms with Gasteiger partial charge in [0.25, 0.3) is 0 Å². The first-order chi connectivity index (χ1) is 8.25. The number of rotatable bonds is 4. The van der Waals surface area contributed by atoms with Crippen molar-refractivity contribution in [2.45, 2.75) is 26.2 Å². The fourth-order valence-electron chi connectivity index (χ4n) is 2.41. The highest BCUT2D eigenvalue weighted by molar-refractivity contribution is 9.10. The Hall–Kier alpha value is -0.540. The molecule has 1 unspecified atom stereocenters. The van der Waals surface area contributed by atoms with Crippen LogP contribution in [0.15, 0.2) is 22.7 Å². The van der Waals surface area contributed by atoms with E-state index in [9.17, 15) is 0 Å². The zero-order chi connectivity index (χ0) is 12.1. The van der Waals surface area contributed by atoms with E-state index in [-0.39, 0.29) is 0 Å². The lowest BCUT2D eigenvalue weighted by Crippen LogP contribution is -2.30. The highest BCUT2D eigenvalue weighted by Gasteiger charge is 2.12. The molecule has 0 saturated carbocycles. The first-order valence-corrected chi connectivity index (χ1v) is 7.26. The van der Waals surface area contributed by atoms with Crippen LogP contribution in [0.5, 0.6) is 0 Å². The summed E-state index contributed by atoms with van der Waals surface area (Å²) in [5, 5.41) is 7.01. The number of piperidine rings is 1. The van der Waals surface area contributed by atoms with Gasteiger partial charge in [-0.2, -0.15) is 0 Å². The van der Waals surface area contributed by atoms with Gasteiger partial charge in [-0.15, -0.1) is 0 Å². The van der Waals surface area contributed by atoms with Gasteiger partial charge in [-0.25, -0.2) is 0 Å². The van der Waals surface area contributed by atoms with Gasteiger partial charge in [0.05, 0.1) is 0 Å². The number of aryl methyl sites for hydroxylation is 1. The molecule has 0 radical (unpaired) electrons. The third-order valence-corrected chi connectivity index (χ3v) is 3.95. The van der Waals surface area contributed by atoms with Crippen LogP contribution >= 0.6 is 15.9 Å². The van der Waals surface area contributed by atoms with E-state index in [2.05, 4.69) is 51.7 Å². The van der Waals surface area contributed by atoms with Crippen molar-refractivity contribution in [3.63, 3.8) is 0 Å². The second-order valence-corrected chi connectivity index (χ2v) is 5.80. The van der Waals surface area contributed by atoms with Crippen molar-refractivity contribution in [2.24, 2.45) is 5.92 Å². The Morgan fingerprint density at radius 3 is 3.06 bits per heavy atom. The van der Waals surface area contributed by atoms with Crippen LogP contribution in [0.1, 0.15) is 24.8 Å². The third kappa shape index (κ3) is 4.00. The van der Waals surface area contributed by atoms with Gasteiger partial charge in [-0.1, -0.05) is 15.9 Å². The summed E-state index contributed by atoms with van der Waals surface area (Å²) in [6, 6.07) is 6.40.